The summed E-state index contributed by atoms with van der Waals surface area (Å²) in [5.74, 6) is 2.36. The Morgan fingerprint density at radius 3 is 2.85 bits per heavy atom. The van der Waals surface area contributed by atoms with Crippen LogP contribution in [0, 0.1) is 6.92 Å². The summed E-state index contributed by atoms with van der Waals surface area (Å²) < 4.78 is 16.8. The summed E-state index contributed by atoms with van der Waals surface area (Å²) in [5.41, 5.74) is 0.852. The van der Waals surface area contributed by atoms with E-state index < -0.39 is 0 Å². The summed E-state index contributed by atoms with van der Waals surface area (Å²) in [6.45, 7) is 2.22. The van der Waals surface area contributed by atoms with Gasteiger partial charge in [-0.25, -0.2) is 4.98 Å². The maximum Gasteiger partial charge on any atom is 0.231 e. The van der Waals surface area contributed by atoms with Gasteiger partial charge in [-0.1, -0.05) is 0 Å². The molecule has 6 nitrogen and oxygen atoms in total. The van der Waals surface area contributed by atoms with Crippen molar-refractivity contribution in [3.8, 4) is 17.2 Å². The number of thiazole rings is 1. The number of carbonyl (C=O) groups is 1. The maximum absolute atomic E-state index is 12.2. The number of rotatable bonds is 5. The van der Waals surface area contributed by atoms with Crippen LogP contribution in [-0.2, 0) is 11.2 Å². The molecule has 1 saturated carbocycles. The third kappa shape index (κ3) is 4.09. The van der Waals surface area contributed by atoms with Crippen LogP contribution < -0.4 is 19.5 Å². The Labute approximate surface area is 156 Å². The number of ether oxygens (including phenoxy) is 3. The maximum atomic E-state index is 12.2. The van der Waals surface area contributed by atoms with Crippen molar-refractivity contribution in [2.75, 3.05) is 6.79 Å². The van der Waals surface area contributed by atoms with Gasteiger partial charge in [0.25, 0.3) is 0 Å². The highest BCUT2D eigenvalue weighted by molar-refractivity contribution is 7.09. The van der Waals surface area contributed by atoms with Crippen LogP contribution in [0.15, 0.2) is 23.6 Å². The van der Waals surface area contributed by atoms with E-state index in [0.29, 0.717) is 6.42 Å². The van der Waals surface area contributed by atoms with Gasteiger partial charge in [-0.3, -0.25) is 4.79 Å². The summed E-state index contributed by atoms with van der Waals surface area (Å²) in [6, 6.07) is 5.89. The molecule has 7 heteroatoms. The first kappa shape index (κ1) is 17.1. The molecule has 138 valence electrons. The van der Waals surface area contributed by atoms with Crippen LogP contribution in [-0.4, -0.2) is 29.8 Å². The Bertz CT molecular complexity index is 784. The normalized spacial score (nSPS) is 21.4. The van der Waals surface area contributed by atoms with Crippen molar-refractivity contribution in [3.05, 3.63) is 34.3 Å². The fraction of sp³-hybridized carbons (Fsp3) is 0.474. The molecule has 4 rings (SSSR count). The average molecular weight is 374 g/mol. The van der Waals surface area contributed by atoms with Gasteiger partial charge >= 0.3 is 0 Å². The minimum atomic E-state index is 0.0513. The van der Waals surface area contributed by atoms with E-state index in [1.165, 1.54) is 0 Å². The monoisotopic (exact) mass is 374 g/mol. The summed E-state index contributed by atoms with van der Waals surface area (Å²) in [7, 11) is 0. The van der Waals surface area contributed by atoms with Gasteiger partial charge in [-0.2, -0.15) is 0 Å². The minimum Gasteiger partial charge on any atom is -0.490 e. The lowest BCUT2D eigenvalue weighted by atomic mass is 9.92. The smallest absolute Gasteiger partial charge is 0.231 e. The van der Waals surface area contributed by atoms with Gasteiger partial charge in [-0.05, 0) is 44.7 Å². The molecular weight excluding hydrogens is 352 g/mol. The van der Waals surface area contributed by atoms with Crippen LogP contribution in [0.5, 0.6) is 17.2 Å². The third-order valence-corrected chi connectivity index (χ3v) is 5.52. The molecule has 0 bridgehead atoms. The molecule has 0 saturated heterocycles. The quantitative estimate of drug-likeness (QED) is 0.870. The lowest BCUT2D eigenvalue weighted by Gasteiger charge is -2.29. The number of amides is 1. The summed E-state index contributed by atoms with van der Waals surface area (Å²) in [6.07, 6.45) is 4.24. The number of fused-ring (bicyclic) bond motifs is 1. The predicted molar refractivity (Wildman–Crippen MR) is 97.9 cm³/mol. The lowest BCUT2D eigenvalue weighted by molar-refractivity contribution is -0.121. The molecule has 2 heterocycles. The number of aryl methyl sites for hydroxylation is 1. The Hall–Kier alpha value is -2.28. The van der Waals surface area contributed by atoms with Crippen molar-refractivity contribution in [1.82, 2.24) is 10.3 Å². The Kier molecular flexibility index (Phi) is 4.97. The molecule has 1 amide bonds. The first-order valence-electron chi connectivity index (χ1n) is 8.92. The zero-order valence-electron chi connectivity index (χ0n) is 14.7. The van der Waals surface area contributed by atoms with E-state index in [1.54, 1.807) is 11.3 Å². The Balaban J connectivity index is 1.23. The van der Waals surface area contributed by atoms with Crippen LogP contribution >= 0.6 is 11.3 Å². The molecule has 2 aromatic rings. The van der Waals surface area contributed by atoms with E-state index in [-0.39, 0.29) is 24.8 Å². The highest BCUT2D eigenvalue weighted by Gasteiger charge is 2.24. The number of hydrogen-bond acceptors (Lipinski definition) is 6. The molecule has 26 heavy (non-hydrogen) atoms. The van der Waals surface area contributed by atoms with E-state index in [2.05, 4.69) is 10.3 Å². The van der Waals surface area contributed by atoms with Crippen LogP contribution in [0.25, 0.3) is 0 Å². The number of benzene rings is 1. The van der Waals surface area contributed by atoms with Crippen molar-refractivity contribution in [2.24, 2.45) is 0 Å². The lowest BCUT2D eigenvalue weighted by Crippen LogP contribution is -2.40. The molecular formula is C19H22N2O4S. The molecule has 1 aromatic carbocycles. The molecule has 1 aliphatic heterocycles. The number of aromatic nitrogens is 1. The number of nitrogens with zero attached hydrogens (tertiary/aromatic N) is 1. The molecule has 1 aromatic heterocycles. The van der Waals surface area contributed by atoms with Gasteiger partial charge < -0.3 is 19.5 Å². The van der Waals surface area contributed by atoms with E-state index in [9.17, 15) is 4.79 Å². The van der Waals surface area contributed by atoms with E-state index in [1.807, 2.05) is 30.5 Å². The SMILES string of the molecule is Cc1nc(CC(=O)NC2CCC(Oc3ccc4c(c3)OCO4)CC2)cs1. The standard InChI is InChI=1S/C19H22N2O4S/c1-12-20-14(10-26-12)8-19(22)21-13-2-4-15(5-3-13)25-16-6-7-17-18(9-16)24-11-23-17/h6-7,9-10,13,15H,2-5,8,11H2,1H3,(H,21,22). The second-order valence-electron chi connectivity index (χ2n) is 6.71. The van der Waals surface area contributed by atoms with Crippen LogP contribution in [0.3, 0.4) is 0 Å². The summed E-state index contributed by atoms with van der Waals surface area (Å²) in [5, 5.41) is 6.07. The van der Waals surface area contributed by atoms with E-state index >= 15 is 0 Å². The van der Waals surface area contributed by atoms with Gasteiger partial charge in [0.15, 0.2) is 11.5 Å². The average Bonchev–Trinajstić information content (AvgIpc) is 3.25. The largest absolute Gasteiger partial charge is 0.490 e. The number of hydrogen-bond donors (Lipinski definition) is 1. The highest BCUT2D eigenvalue weighted by Crippen LogP contribution is 2.36. The molecule has 0 spiro atoms. The molecule has 1 fully saturated rings. The molecule has 0 radical (unpaired) electrons. The summed E-state index contributed by atoms with van der Waals surface area (Å²) in [4.78, 5) is 16.5. The zero-order chi connectivity index (χ0) is 17.9. The first-order valence-corrected chi connectivity index (χ1v) is 9.80. The third-order valence-electron chi connectivity index (χ3n) is 4.69. The van der Waals surface area contributed by atoms with Crippen LogP contribution in [0.2, 0.25) is 0 Å². The van der Waals surface area contributed by atoms with Gasteiger partial charge in [0.05, 0.1) is 23.2 Å². The van der Waals surface area contributed by atoms with E-state index in [0.717, 1.165) is 53.6 Å². The van der Waals surface area contributed by atoms with Crippen molar-refractivity contribution >= 4 is 17.2 Å². The second-order valence-corrected chi connectivity index (χ2v) is 7.77. The van der Waals surface area contributed by atoms with Crippen LogP contribution in [0.1, 0.15) is 36.4 Å². The molecule has 0 atom stereocenters. The Morgan fingerprint density at radius 2 is 2.08 bits per heavy atom. The molecule has 2 aliphatic rings. The van der Waals surface area contributed by atoms with Gasteiger partial charge in [-0.15, -0.1) is 11.3 Å². The fourth-order valence-corrected chi connectivity index (χ4v) is 4.01. The molecule has 1 N–H and O–H groups in total. The van der Waals surface area contributed by atoms with Crippen molar-refractivity contribution < 1.29 is 19.0 Å². The minimum absolute atomic E-state index is 0.0513. The second kappa shape index (κ2) is 7.53. The Morgan fingerprint density at radius 1 is 1.27 bits per heavy atom. The molecule has 1 aliphatic carbocycles. The van der Waals surface area contributed by atoms with Crippen molar-refractivity contribution in [1.29, 1.82) is 0 Å². The van der Waals surface area contributed by atoms with Gasteiger partial charge in [0.1, 0.15) is 5.75 Å². The number of carbonyl (C=O) groups excluding carboxylic acids is 1. The van der Waals surface area contributed by atoms with E-state index in [4.69, 9.17) is 14.2 Å². The number of nitrogens with one attached hydrogen (secondary N) is 1. The zero-order valence-corrected chi connectivity index (χ0v) is 15.5. The first-order chi connectivity index (χ1) is 12.7. The van der Waals surface area contributed by atoms with Crippen molar-refractivity contribution in [3.63, 3.8) is 0 Å². The highest BCUT2D eigenvalue weighted by atomic mass is 32.1. The van der Waals surface area contributed by atoms with Crippen molar-refractivity contribution in [2.45, 2.75) is 51.2 Å². The molecule has 0 unspecified atom stereocenters. The fourth-order valence-electron chi connectivity index (χ4n) is 3.40. The summed E-state index contributed by atoms with van der Waals surface area (Å²) >= 11 is 1.58. The predicted octanol–water partition coefficient (Wildman–Crippen LogP) is 3.23. The van der Waals surface area contributed by atoms with Gasteiger partial charge in [0.2, 0.25) is 12.7 Å². The van der Waals surface area contributed by atoms with Gasteiger partial charge in [0, 0.05) is 17.5 Å². The topological polar surface area (TPSA) is 69.7 Å². The van der Waals surface area contributed by atoms with Crippen LogP contribution in [0.4, 0.5) is 0 Å².